The average Bonchev–Trinajstić information content (AvgIpc) is 3.04. The van der Waals surface area contributed by atoms with Gasteiger partial charge in [0.15, 0.2) is 5.76 Å². The standard InChI is InChI=1S/C20H19NO3/c22-19(18-11-15-6-3-4-8-17(15)24-18)21-13-20(23)10-9-14-5-1-2-7-16(14)12-20/h1-8,11,23H,9-10,12-13H2,(H,21,22). The molecule has 0 saturated heterocycles. The SMILES string of the molecule is O=C(NCC1(O)CCc2ccccc2C1)c1cc2ccccc2o1. The van der Waals surface area contributed by atoms with Gasteiger partial charge in [-0.3, -0.25) is 4.79 Å². The maximum atomic E-state index is 12.3. The first-order valence-corrected chi connectivity index (χ1v) is 8.19. The van der Waals surface area contributed by atoms with Gasteiger partial charge in [-0.15, -0.1) is 0 Å². The summed E-state index contributed by atoms with van der Waals surface area (Å²) in [4.78, 5) is 12.3. The molecule has 0 bridgehead atoms. The van der Waals surface area contributed by atoms with Crippen LogP contribution in [0.5, 0.6) is 0 Å². The Morgan fingerprint density at radius 3 is 2.71 bits per heavy atom. The minimum atomic E-state index is -0.907. The van der Waals surface area contributed by atoms with Crippen molar-refractivity contribution >= 4 is 16.9 Å². The van der Waals surface area contributed by atoms with Crippen molar-refractivity contribution in [3.63, 3.8) is 0 Å². The van der Waals surface area contributed by atoms with Crippen LogP contribution in [0.4, 0.5) is 0 Å². The van der Waals surface area contributed by atoms with Crippen molar-refractivity contribution in [2.75, 3.05) is 6.54 Å². The van der Waals surface area contributed by atoms with E-state index in [-0.39, 0.29) is 18.2 Å². The fourth-order valence-corrected chi connectivity index (χ4v) is 3.36. The second-order valence-electron chi connectivity index (χ2n) is 6.50. The number of aliphatic hydroxyl groups is 1. The van der Waals surface area contributed by atoms with E-state index in [0.717, 1.165) is 17.4 Å². The topological polar surface area (TPSA) is 62.5 Å². The van der Waals surface area contributed by atoms with Gasteiger partial charge >= 0.3 is 0 Å². The molecule has 1 aliphatic carbocycles. The maximum absolute atomic E-state index is 12.3. The fraction of sp³-hybridized carbons (Fsp3) is 0.250. The second-order valence-corrected chi connectivity index (χ2v) is 6.50. The van der Waals surface area contributed by atoms with Crippen LogP contribution in [0.3, 0.4) is 0 Å². The van der Waals surface area contributed by atoms with E-state index in [4.69, 9.17) is 4.42 Å². The number of para-hydroxylation sites is 1. The molecule has 4 heteroatoms. The predicted molar refractivity (Wildman–Crippen MR) is 92.0 cm³/mol. The molecule has 1 heterocycles. The largest absolute Gasteiger partial charge is 0.451 e. The Bertz CT molecular complexity index is 866. The smallest absolute Gasteiger partial charge is 0.287 e. The molecular formula is C20H19NO3. The van der Waals surface area contributed by atoms with E-state index in [9.17, 15) is 9.90 Å². The van der Waals surface area contributed by atoms with Crippen LogP contribution >= 0.6 is 0 Å². The monoisotopic (exact) mass is 321 g/mol. The molecule has 4 rings (SSSR count). The molecule has 1 amide bonds. The van der Waals surface area contributed by atoms with Crippen molar-refractivity contribution in [3.8, 4) is 0 Å². The van der Waals surface area contributed by atoms with Crippen molar-refractivity contribution in [3.05, 3.63) is 71.5 Å². The number of carbonyl (C=O) groups excluding carboxylic acids is 1. The van der Waals surface area contributed by atoms with Crippen LogP contribution in [0.15, 0.2) is 59.0 Å². The highest BCUT2D eigenvalue weighted by molar-refractivity contribution is 5.96. The Labute approximate surface area is 140 Å². The third kappa shape index (κ3) is 2.81. The lowest BCUT2D eigenvalue weighted by Gasteiger charge is -2.33. The zero-order chi connectivity index (χ0) is 16.6. The first-order valence-electron chi connectivity index (χ1n) is 8.19. The molecule has 0 spiro atoms. The average molecular weight is 321 g/mol. The van der Waals surface area contributed by atoms with Crippen molar-refractivity contribution in [1.82, 2.24) is 5.32 Å². The number of nitrogens with one attached hydrogen (secondary N) is 1. The van der Waals surface area contributed by atoms with Crippen LogP contribution in [0.2, 0.25) is 0 Å². The molecule has 0 fully saturated rings. The van der Waals surface area contributed by atoms with E-state index in [1.165, 1.54) is 5.56 Å². The van der Waals surface area contributed by atoms with E-state index >= 15 is 0 Å². The van der Waals surface area contributed by atoms with Crippen molar-refractivity contribution in [1.29, 1.82) is 0 Å². The summed E-state index contributed by atoms with van der Waals surface area (Å²) in [7, 11) is 0. The summed E-state index contributed by atoms with van der Waals surface area (Å²) in [5.41, 5.74) is 2.22. The Morgan fingerprint density at radius 1 is 1.12 bits per heavy atom. The van der Waals surface area contributed by atoms with E-state index in [0.29, 0.717) is 18.4 Å². The van der Waals surface area contributed by atoms with Gasteiger partial charge < -0.3 is 14.8 Å². The lowest BCUT2D eigenvalue weighted by atomic mass is 9.80. The Balaban J connectivity index is 1.45. The van der Waals surface area contributed by atoms with Gasteiger partial charge in [0.2, 0.25) is 0 Å². The van der Waals surface area contributed by atoms with E-state index in [1.807, 2.05) is 42.5 Å². The van der Waals surface area contributed by atoms with Gasteiger partial charge in [0.05, 0.1) is 5.60 Å². The van der Waals surface area contributed by atoms with Gasteiger partial charge in [0.25, 0.3) is 5.91 Å². The minimum absolute atomic E-state index is 0.219. The zero-order valence-electron chi connectivity index (χ0n) is 13.3. The number of aryl methyl sites for hydroxylation is 1. The molecule has 0 saturated carbocycles. The number of amides is 1. The number of hydrogen-bond donors (Lipinski definition) is 2. The molecule has 1 aliphatic rings. The van der Waals surface area contributed by atoms with E-state index < -0.39 is 5.60 Å². The maximum Gasteiger partial charge on any atom is 0.287 e. The molecule has 2 aromatic carbocycles. The number of furan rings is 1. The number of rotatable bonds is 3. The van der Waals surface area contributed by atoms with Crippen LogP contribution in [0, 0.1) is 0 Å². The van der Waals surface area contributed by atoms with E-state index in [2.05, 4.69) is 11.4 Å². The molecular weight excluding hydrogens is 302 g/mol. The summed E-state index contributed by atoms with van der Waals surface area (Å²) in [6, 6.07) is 17.4. The molecule has 0 aliphatic heterocycles. The molecule has 24 heavy (non-hydrogen) atoms. The number of fused-ring (bicyclic) bond motifs is 2. The minimum Gasteiger partial charge on any atom is -0.451 e. The van der Waals surface area contributed by atoms with Crippen molar-refractivity contribution in [2.45, 2.75) is 24.9 Å². The van der Waals surface area contributed by atoms with E-state index in [1.54, 1.807) is 6.07 Å². The lowest BCUT2D eigenvalue weighted by Crippen LogP contribution is -2.46. The Morgan fingerprint density at radius 2 is 1.88 bits per heavy atom. The molecule has 122 valence electrons. The molecule has 4 nitrogen and oxygen atoms in total. The molecule has 3 aromatic rings. The summed E-state index contributed by atoms with van der Waals surface area (Å²) in [5.74, 6) is -0.0190. The Kier molecular flexibility index (Phi) is 3.62. The van der Waals surface area contributed by atoms with Crippen LogP contribution < -0.4 is 5.32 Å². The highest BCUT2D eigenvalue weighted by atomic mass is 16.3. The molecule has 1 aromatic heterocycles. The summed E-state index contributed by atoms with van der Waals surface area (Å²) < 4.78 is 5.57. The number of carbonyl (C=O) groups is 1. The van der Waals surface area contributed by atoms with Gasteiger partial charge in [-0.25, -0.2) is 0 Å². The predicted octanol–water partition coefficient (Wildman–Crippen LogP) is 3.08. The zero-order valence-corrected chi connectivity index (χ0v) is 13.3. The normalized spacial score (nSPS) is 19.9. The second kappa shape index (κ2) is 5.80. The van der Waals surface area contributed by atoms with Crippen LogP contribution in [-0.4, -0.2) is 23.2 Å². The summed E-state index contributed by atoms with van der Waals surface area (Å²) in [5, 5.41) is 14.5. The van der Waals surface area contributed by atoms with Gasteiger partial charge in [-0.05, 0) is 36.1 Å². The third-order valence-corrected chi connectivity index (χ3v) is 4.72. The lowest BCUT2D eigenvalue weighted by molar-refractivity contribution is 0.0256. The first-order chi connectivity index (χ1) is 11.6. The van der Waals surface area contributed by atoms with Crippen LogP contribution in [0.1, 0.15) is 28.1 Å². The first kappa shape index (κ1) is 15.0. The molecule has 0 radical (unpaired) electrons. The summed E-state index contributed by atoms with van der Waals surface area (Å²) in [6.07, 6.45) is 2.03. The highest BCUT2D eigenvalue weighted by Gasteiger charge is 2.32. The van der Waals surface area contributed by atoms with Crippen LogP contribution in [0.25, 0.3) is 11.0 Å². The molecule has 1 unspecified atom stereocenters. The van der Waals surface area contributed by atoms with Gasteiger partial charge in [0, 0.05) is 18.4 Å². The highest BCUT2D eigenvalue weighted by Crippen LogP contribution is 2.28. The summed E-state index contributed by atoms with van der Waals surface area (Å²) in [6.45, 7) is 0.219. The Hall–Kier alpha value is -2.59. The van der Waals surface area contributed by atoms with Crippen LogP contribution in [-0.2, 0) is 12.8 Å². The van der Waals surface area contributed by atoms with Gasteiger partial charge in [0.1, 0.15) is 5.58 Å². The van der Waals surface area contributed by atoms with Gasteiger partial charge in [-0.1, -0.05) is 42.5 Å². The molecule has 2 N–H and O–H groups in total. The van der Waals surface area contributed by atoms with Gasteiger partial charge in [-0.2, -0.15) is 0 Å². The molecule has 1 atom stereocenters. The number of benzene rings is 2. The summed E-state index contributed by atoms with van der Waals surface area (Å²) >= 11 is 0. The number of hydrogen-bond acceptors (Lipinski definition) is 3. The quantitative estimate of drug-likeness (QED) is 0.779. The fourth-order valence-electron chi connectivity index (χ4n) is 3.36. The van der Waals surface area contributed by atoms with Crippen molar-refractivity contribution in [2.24, 2.45) is 0 Å². The van der Waals surface area contributed by atoms with Crippen molar-refractivity contribution < 1.29 is 14.3 Å². The third-order valence-electron chi connectivity index (χ3n) is 4.72.